The number of anilines is 3. The molecule has 0 spiro atoms. The maximum Gasteiger partial charge on any atom is 0.257 e. The molecule has 0 saturated carbocycles. The Kier molecular flexibility index (Phi) is 7.83. The second kappa shape index (κ2) is 11.0. The second-order valence-electron chi connectivity index (χ2n) is 8.03. The summed E-state index contributed by atoms with van der Waals surface area (Å²) in [6.45, 7) is 8.36. The number of hydrogen-bond donors (Lipinski definition) is 2. The summed E-state index contributed by atoms with van der Waals surface area (Å²) in [5.74, 6) is -0.221. The van der Waals surface area contributed by atoms with Gasteiger partial charge < -0.3 is 15.5 Å². The predicted molar refractivity (Wildman–Crippen MR) is 136 cm³/mol. The zero-order chi connectivity index (χ0) is 23.2. The first-order valence-electron chi connectivity index (χ1n) is 11.0. The fourth-order valence-electron chi connectivity index (χ4n) is 3.77. The van der Waals surface area contributed by atoms with Crippen LogP contribution in [0.1, 0.15) is 23.0 Å². The SMILES string of the molecule is CCN1CCN(Cc2ccc(C(=O)Nc3ccc(Cl)c(Nc4cccc(Cl)c4)c3)cn2)CC1. The summed E-state index contributed by atoms with van der Waals surface area (Å²) in [7, 11) is 0. The van der Waals surface area contributed by atoms with E-state index < -0.39 is 0 Å². The number of piperazine rings is 1. The highest BCUT2D eigenvalue weighted by Gasteiger charge is 2.16. The lowest BCUT2D eigenvalue weighted by Crippen LogP contribution is -2.45. The third-order valence-electron chi connectivity index (χ3n) is 5.71. The summed E-state index contributed by atoms with van der Waals surface area (Å²) in [5.41, 5.74) is 3.59. The van der Waals surface area contributed by atoms with Gasteiger partial charge in [0.2, 0.25) is 0 Å². The number of nitrogens with zero attached hydrogens (tertiary/aromatic N) is 3. The molecule has 2 aromatic carbocycles. The van der Waals surface area contributed by atoms with Crippen molar-refractivity contribution in [1.29, 1.82) is 0 Å². The normalized spacial score (nSPS) is 14.8. The van der Waals surface area contributed by atoms with Crippen LogP contribution in [-0.4, -0.2) is 53.4 Å². The van der Waals surface area contributed by atoms with Crippen LogP contribution < -0.4 is 10.6 Å². The van der Waals surface area contributed by atoms with E-state index in [4.69, 9.17) is 23.2 Å². The highest BCUT2D eigenvalue weighted by atomic mass is 35.5. The van der Waals surface area contributed by atoms with Gasteiger partial charge in [-0.3, -0.25) is 14.7 Å². The second-order valence-corrected chi connectivity index (χ2v) is 8.88. The first kappa shape index (κ1) is 23.5. The number of amides is 1. The number of pyridine rings is 1. The van der Waals surface area contributed by atoms with Crippen LogP contribution in [0, 0.1) is 0 Å². The minimum atomic E-state index is -0.221. The van der Waals surface area contributed by atoms with Gasteiger partial charge in [-0.2, -0.15) is 0 Å². The number of carbonyl (C=O) groups is 1. The van der Waals surface area contributed by atoms with E-state index in [9.17, 15) is 4.79 Å². The van der Waals surface area contributed by atoms with Crippen molar-refractivity contribution in [3.05, 3.63) is 82.1 Å². The number of benzene rings is 2. The quantitative estimate of drug-likeness (QED) is 0.463. The molecule has 2 N–H and O–H groups in total. The monoisotopic (exact) mass is 483 g/mol. The number of rotatable bonds is 7. The van der Waals surface area contributed by atoms with Crippen LogP contribution in [0.4, 0.5) is 17.1 Å². The van der Waals surface area contributed by atoms with Gasteiger partial charge >= 0.3 is 0 Å². The maximum atomic E-state index is 12.7. The van der Waals surface area contributed by atoms with E-state index in [2.05, 4.69) is 32.3 Å². The van der Waals surface area contributed by atoms with Gasteiger partial charge in [0, 0.05) is 55.3 Å². The van der Waals surface area contributed by atoms with Crippen molar-refractivity contribution in [3.8, 4) is 0 Å². The molecule has 1 aliphatic heterocycles. The Balaban J connectivity index is 1.37. The smallest absolute Gasteiger partial charge is 0.257 e. The van der Waals surface area contributed by atoms with Crippen LogP contribution in [0.25, 0.3) is 0 Å². The minimum Gasteiger partial charge on any atom is -0.354 e. The van der Waals surface area contributed by atoms with Crippen molar-refractivity contribution in [3.63, 3.8) is 0 Å². The lowest BCUT2D eigenvalue weighted by atomic mass is 10.2. The summed E-state index contributed by atoms with van der Waals surface area (Å²) in [5, 5.41) is 7.31. The molecule has 1 aromatic heterocycles. The average molecular weight is 484 g/mol. The molecule has 0 atom stereocenters. The van der Waals surface area contributed by atoms with E-state index in [0.717, 1.165) is 50.6 Å². The Morgan fingerprint density at radius 2 is 1.76 bits per heavy atom. The Morgan fingerprint density at radius 3 is 2.45 bits per heavy atom. The molecule has 0 aliphatic carbocycles. The van der Waals surface area contributed by atoms with E-state index in [1.165, 1.54) is 0 Å². The van der Waals surface area contributed by atoms with Gasteiger partial charge in [0.1, 0.15) is 0 Å². The molecule has 2 heterocycles. The predicted octanol–water partition coefficient (Wildman–Crippen LogP) is 5.52. The molecule has 1 aliphatic rings. The lowest BCUT2D eigenvalue weighted by Gasteiger charge is -2.33. The summed E-state index contributed by atoms with van der Waals surface area (Å²) in [4.78, 5) is 22.1. The number of hydrogen-bond acceptors (Lipinski definition) is 5. The highest BCUT2D eigenvalue weighted by Crippen LogP contribution is 2.29. The molecule has 1 amide bonds. The van der Waals surface area contributed by atoms with E-state index in [1.54, 1.807) is 36.5 Å². The molecule has 1 saturated heterocycles. The molecule has 6 nitrogen and oxygen atoms in total. The van der Waals surface area contributed by atoms with Gasteiger partial charge in [0.05, 0.1) is 22.0 Å². The number of halogens is 2. The Morgan fingerprint density at radius 1 is 0.970 bits per heavy atom. The number of nitrogens with one attached hydrogen (secondary N) is 2. The molecule has 0 bridgehead atoms. The first-order chi connectivity index (χ1) is 16.0. The van der Waals surface area contributed by atoms with Crippen LogP contribution in [0.2, 0.25) is 10.0 Å². The Bertz CT molecular complexity index is 1100. The van der Waals surface area contributed by atoms with Crippen molar-refractivity contribution in [2.75, 3.05) is 43.4 Å². The average Bonchev–Trinajstić information content (AvgIpc) is 2.82. The van der Waals surface area contributed by atoms with Crippen molar-refractivity contribution in [2.45, 2.75) is 13.5 Å². The van der Waals surface area contributed by atoms with E-state index in [-0.39, 0.29) is 5.91 Å². The van der Waals surface area contributed by atoms with Gasteiger partial charge in [-0.05, 0) is 55.1 Å². The fraction of sp³-hybridized carbons (Fsp3) is 0.280. The van der Waals surface area contributed by atoms with Gasteiger partial charge in [-0.1, -0.05) is 36.2 Å². The molecule has 8 heteroatoms. The van der Waals surface area contributed by atoms with Gasteiger partial charge in [-0.25, -0.2) is 0 Å². The number of carbonyl (C=O) groups excluding carboxylic acids is 1. The Hall–Kier alpha value is -2.64. The number of aromatic nitrogens is 1. The van der Waals surface area contributed by atoms with Crippen LogP contribution in [-0.2, 0) is 6.54 Å². The van der Waals surface area contributed by atoms with E-state index >= 15 is 0 Å². The van der Waals surface area contributed by atoms with Crippen molar-refractivity contribution in [1.82, 2.24) is 14.8 Å². The zero-order valence-corrected chi connectivity index (χ0v) is 20.0. The first-order valence-corrected chi connectivity index (χ1v) is 11.8. The van der Waals surface area contributed by atoms with Crippen molar-refractivity contribution < 1.29 is 4.79 Å². The van der Waals surface area contributed by atoms with Gasteiger partial charge in [-0.15, -0.1) is 0 Å². The van der Waals surface area contributed by atoms with E-state index in [0.29, 0.717) is 27.0 Å². The summed E-state index contributed by atoms with van der Waals surface area (Å²) in [6, 6.07) is 16.4. The van der Waals surface area contributed by atoms with Crippen LogP contribution >= 0.6 is 23.2 Å². The number of likely N-dealkylation sites (N-methyl/N-ethyl adjacent to an activating group) is 1. The molecule has 4 rings (SSSR count). The lowest BCUT2D eigenvalue weighted by molar-refractivity contribution is 0.102. The fourth-order valence-corrected chi connectivity index (χ4v) is 4.12. The molecule has 0 radical (unpaired) electrons. The largest absolute Gasteiger partial charge is 0.354 e. The maximum absolute atomic E-state index is 12.7. The highest BCUT2D eigenvalue weighted by molar-refractivity contribution is 6.33. The molecule has 1 fully saturated rings. The minimum absolute atomic E-state index is 0.221. The van der Waals surface area contributed by atoms with Crippen molar-refractivity contribution in [2.24, 2.45) is 0 Å². The van der Waals surface area contributed by atoms with Crippen LogP contribution in [0.3, 0.4) is 0 Å². The topological polar surface area (TPSA) is 60.5 Å². The molecule has 33 heavy (non-hydrogen) atoms. The van der Waals surface area contributed by atoms with Gasteiger partial charge in [0.15, 0.2) is 0 Å². The standard InChI is InChI=1S/C25H27Cl2N5O/c1-2-31-10-12-32(13-11-31)17-22-7-6-18(16-28-22)25(33)30-21-8-9-23(27)24(15-21)29-20-5-3-4-19(26)14-20/h3-9,14-16,29H,2,10-13,17H2,1H3,(H,30,33). The van der Waals surface area contributed by atoms with E-state index in [1.807, 2.05) is 24.3 Å². The molecular weight excluding hydrogens is 457 g/mol. The molecule has 172 valence electrons. The molecule has 3 aromatic rings. The van der Waals surface area contributed by atoms with Crippen LogP contribution in [0.5, 0.6) is 0 Å². The zero-order valence-electron chi connectivity index (χ0n) is 18.5. The Labute approximate surface area is 204 Å². The third-order valence-corrected chi connectivity index (χ3v) is 6.28. The summed E-state index contributed by atoms with van der Waals surface area (Å²) >= 11 is 12.4. The summed E-state index contributed by atoms with van der Waals surface area (Å²) < 4.78 is 0. The van der Waals surface area contributed by atoms with Crippen LogP contribution in [0.15, 0.2) is 60.8 Å². The third kappa shape index (κ3) is 6.45. The molecular formula is C25H27Cl2N5O. The summed E-state index contributed by atoms with van der Waals surface area (Å²) in [6.07, 6.45) is 1.63. The molecule has 0 unspecified atom stereocenters. The van der Waals surface area contributed by atoms with Crippen molar-refractivity contribution >= 4 is 46.2 Å². The van der Waals surface area contributed by atoms with Gasteiger partial charge in [0.25, 0.3) is 5.91 Å².